The number of unbranched alkanes of at least 4 members (excludes halogenated alkanes) is 1. The minimum absolute atomic E-state index is 0.711. The molecule has 0 saturated heterocycles. The number of halogens is 1. The fourth-order valence-corrected chi connectivity index (χ4v) is 5.80. The fraction of sp³-hybridized carbons (Fsp3) is 0.714. The van der Waals surface area contributed by atoms with Gasteiger partial charge in [0.1, 0.15) is 0 Å². The lowest BCUT2D eigenvalue weighted by Crippen LogP contribution is -2.17. The summed E-state index contributed by atoms with van der Waals surface area (Å²) in [5, 5.41) is 0. The Morgan fingerprint density at radius 1 is 0.793 bits per heavy atom. The van der Waals surface area contributed by atoms with Gasteiger partial charge in [-0.2, -0.15) is 0 Å². The van der Waals surface area contributed by atoms with Gasteiger partial charge >= 0.3 is 0 Å². The largest absolute Gasteiger partial charge is 0.216 e. The molecule has 0 radical (unpaired) electrons. The molecule has 0 aromatic heterocycles. The maximum absolute atomic E-state index is 12.1. The number of allylic oxidation sites excluding steroid dienone is 1. The molecule has 2 fully saturated rings. The summed E-state index contributed by atoms with van der Waals surface area (Å²) in [6.45, 7) is 2.27. The highest BCUT2D eigenvalue weighted by Gasteiger charge is 2.25. The fourth-order valence-electron chi connectivity index (χ4n) is 5.80. The molecule has 0 bridgehead atoms. The second-order valence-corrected chi connectivity index (χ2v) is 9.97. The van der Waals surface area contributed by atoms with E-state index in [0.717, 1.165) is 30.1 Å². The number of hydrogen-bond donors (Lipinski definition) is 0. The minimum Gasteiger partial charge on any atom is -0.216 e. The first-order chi connectivity index (χ1) is 14.3. The van der Waals surface area contributed by atoms with Gasteiger partial charge in [-0.05, 0) is 86.2 Å². The van der Waals surface area contributed by atoms with Gasteiger partial charge in [-0.1, -0.05) is 82.2 Å². The third-order valence-corrected chi connectivity index (χ3v) is 7.90. The van der Waals surface area contributed by atoms with Gasteiger partial charge < -0.3 is 0 Å². The van der Waals surface area contributed by atoms with E-state index in [-0.39, 0.29) is 0 Å². The van der Waals surface area contributed by atoms with E-state index in [4.69, 9.17) is 0 Å². The topological polar surface area (TPSA) is 0 Å². The monoisotopic (exact) mass is 398 g/mol. The standard InChI is InChI=1S/C28H43F/c1-2-3-6-23-14-18-27(19-15-23)28-20-16-26(17-21-28)13-12-25-10-8-24(9-11-25)7-4-5-22-29/h5,14-15,18-19,22,24-26,28H,2-4,6-13,16-17,20-21H2,1H3. The van der Waals surface area contributed by atoms with Crippen molar-refractivity contribution in [3.8, 4) is 0 Å². The van der Waals surface area contributed by atoms with Gasteiger partial charge in [-0.15, -0.1) is 0 Å². The Balaban J connectivity index is 1.31. The zero-order chi connectivity index (χ0) is 20.3. The summed E-state index contributed by atoms with van der Waals surface area (Å²) in [7, 11) is 0. The predicted molar refractivity (Wildman–Crippen MR) is 124 cm³/mol. The van der Waals surface area contributed by atoms with Crippen LogP contribution in [0.15, 0.2) is 36.7 Å². The van der Waals surface area contributed by atoms with Crippen molar-refractivity contribution >= 4 is 0 Å². The molecular formula is C28H43F. The first-order valence-corrected chi connectivity index (χ1v) is 12.6. The minimum atomic E-state index is 0.711. The first kappa shape index (κ1) is 22.6. The lowest BCUT2D eigenvalue weighted by molar-refractivity contribution is 0.225. The molecular weight excluding hydrogens is 355 g/mol. The van der Waals surface area contributed by atoms with E-state index < -0.39 is 0 Å². The van der Waals surface area contributed by atoms with Crippen molar-refractivity contribution in [2.45, 2.75) is 109 Å². The van der Waals surface area contributed by atoms with Gasteiger partial charge in [0.2, 0.25) is 0 Å². The second-order valence-electron chi connectivity index (χ2n) is 9.97. The summed E-state index contributed by atoms with van der Waals surface area (Å²) in [5.41, 5.74) is 3.10. The SMILES string of the molecule is CCCCc1ccc(C2CCC(CCC3CCC(CCC=CF)CC3)CC2)cc1. The van der Waals surface area contributed by atoms with Crippen LogP contribution in [0.2, 0.25) is 0 Å². The van der Waals surface area contributed by atoms with Crippen LogP contribution >= 0.6 is 0 Å². The highest BCUT2D eigenvalue weighted by molar-refractivity contribution is 5.26. The zero-order valence-corrected chi connectivity index (χ0v) is 18.8. The molecule has 2 saturated carbocycles. The molecule has 3 rings (SSSR count). The Hall–Kier alpha value is -1.11. The van der Waals surface area contributed by atoms with E-state index in [1.54, 1.807) is 11.6 Å². The van der Waals surface area contributed by atoms with Crippen molar-refractivity contribution in [1.82, 2.24) is 0 Å². The molecule has 1 heteroatoms. The zero-order valence-electron chi connectivity index (χ0n) is 18.8. The number of rotatable bonds is 10. The van der Waals surface area contributed by atoms with Crippen LogP contribution in [0.5, 0.6) is 0 Å². The van der Waals surface area contributed by atoms with Crippen LogP contribution < -0.4 is 0 Å². The number of benzene rings is 1. The van der Waals surface area contributed by atoms with E-state index in [2.05, 4.69) is 31.2 Å². The summed E-state index contributed by atoms with van der Waals surface area (Å²) in [5.74, 6) is 3.60. The summed E-state index contributed by atoms with van der Waals surface area (Å²) in [6.07, 6.45) is 22.5. The summed E-state index contributed by atoms with van der Waals surface area (Å²) >= 11 is 0. The highest BCUT2D eigenvalue weighted by Crippen LogP contribution is 2.40. The molecule has 162 valence electrons. The Labute approximate surface area is 179 Å². The molecule has 2 aliphatic carbocycles. The molecule has 0 aliphatic heterocycles. The van der Waals surface area contributed by atoms with Crippen LogP contribution in [0.25, 0.3) is 0 Å². The Morgan fingerprint density at radius 3 is 1.90 bits per heavy atom. The average Bonchev–Trinajstić information content (AvgIpc) is 2.78. The van der Waals surface area contributed by atoms with Crippen LogP contribution in [0.4, 0.5) is 4.39 Å². The van der Waals surface area contributed by atoms with E-state index >= 15 is 0 Å². The van der Waals surface area contributed by atoms with Crippen molar-refractivity contribution < 1.29 is 4.39 Å². The first-order valence-electron chi connectivity index (χ1n) is 12.6. The average molecular weight is 399 g/mol. The molecule has 0 unspecified atom stereocenters. The molecule has 0 amide bonds. The molecule has 0 N–H and O–H groups in total. The van der Waals surface area contributed by atoms with Gasteiger partial charge in [0, 0.05) is 0 Å². The maximum atomic E-state index is 12.1. The molecule has 0 heterocycles. The van der Waals surface area contributed by atoms with Gasteiger partial charge in [0.05, 0.1) is 6.33 Å². The van der Waals surface area contributed by atoms with Crippen LogP contribution in [0, 0.1) is 17.8 Å². The molecule has 29 heavy (non-hydrogen) atoms. The molecule has 2 aliphatic rings. The quantitative estimate of drug-likeness (QED) is 0.368. The summed E-state index contributed by atoms with van der Waals surface area (Å²) in [4.78, 5) is 0. The Bertz CT molecular complexity index is 571. The molecule has 1 aromatic rings. The van der Waals surface area contributed by atoms with E-state index in [0.29, 0.717) is 6.33 Å². The number of aryl methyl sites for hydroxylation is 1. The maximum Gasteiger partial charge on any atom is 0.0827 e. The summed E-state index contributed by atoms with van der Waals surface area (Å²) in [6, 6.07) is 9.58. The normalized spacial score (nSPS) is 28.1. The number of hydrogen-bond acceptors (Lipinski definition) is 0. The smallest absolute Gasteiger partial charge is 0.0827 e. The van der Waals surface area contributed by atoms with Gasteiger partial charge in [0.25, 0.3) is 0 Å². The van der Waals surface area contributed by atoms with E-state index in [9.17, 15) is 4.39 Å². The molecule has 0 nitrogen and oxygen atoms in total. The summed E-state index contributed by atoms with van der Waals surface area (Å²) < 4.78 is 12.1. The van der Waals surface area contributed by atoms with Gasteiger partial charge in [-0.3, -0.25) is 0 Å². The lowest BCUT2D eigenvalue weighted by Gasteiger charge is -2.32. The lowest BCUT2D eigenvalue weighted by atomic mass is 9.74. The van der Waals surface area contributed by atoms with Crippen molar-refractivity contribution in [3.05, 3.63) is 47.8 Å². The van der Waals surface area contributed by atoms with Crippen LogP contribution in [-0.4, -0.2) is 0 Å². The second kappa shape index (κ2) is 12.6. The van der Waals surface area contributed by atoms with E-state index in [1.165, 1.54) is 95.5 Å². The van der Waals surface area contributed by atoms with Crippen molar-refractivity contribution in [1.29, 1.82) is 0 Å². The highest BCUT2D eigenvalue weighted by atomic mass is 19.1. The van der Waals surface area contributed by atoms with Crippen LogP contribution in [-0.2, 0) is 6.42 Å². The van der Waals surface area contributed by atoms with Gasteiger partial charge in [-0.25, -0.2) is 4.39 Å². The van der Waals surface area contributed by atoms with Crippen LogP contribution in [0.1, 0.15) is 114 Å². The van der Waals surface area contributed by atoms with E-state index in [1.807, 2.05) is 0 Å². The van der Waals surface area contributed by atoms with Crippen molar-refractivity contribution in [2.75, 3.05) is 0 Å². The third-order valence-electron chi connectivity index (χ3n) is 7.90. The van der Waals surface area contributed by atoms with Crippen molar-refractivity contribution in [2.24, 2.45) is 17.8 Å². The Morgan fingerprint density at radius 2 is 1.34 bits per heavy atom. The molecule has 0 spiro atoms. The van der Waals surface area contributed by atoms with Crippen LogP contribution in [0.3, 0.4) is 0 Å². The van der Waals surface area contributed by atoms with Crippen molar-refractivity contribution in [3.63, 3.8) is 0 Å². The molecule has 0 atom stereocenters. The third kappa shape index (κ3) is 7.58. The predicted octanol–water partition coefficient (Wildman–Crippen LogP) is 9.15. The molecule has 1 aromatic carbocycles. The Kier molecular flexibility index (Phi) is 9.77. The van der Waals surface area contributed by atoms with Gasteiger partial charge in [0.15, 0.2) is 0 Å².